The quantitative estimate of drug-likeness (QED) is 0.448. The van der Waals surface area contributed by atoms with Crippen molar-refractivity contribution < 1.29 is 13.9 Å². The summed E-state index contributed by atoms with van der Waals surface area (Å²) in [6, 6.07) is 19.9. The first kappa shape index (κ1) is 19.8. The first-order chi connectivity index (χ1) is 15.7. The first-order valence-electron chi connectivity index (χ1n) is 9.81. The summed E-state index contributed by atoms with van der Waals surface area (Å²) in [6.07, 6.45) is 0. The van der Waals surface area contributed by atoms with Crippen LogP contribution in [0.3, 0.4) is 0 Å². The number of nitrogens with two attached hydrogens (primary N) is 1. The van der Waals surface area contributed by atoms with Gasteiger partial charge in [-0.15, -0.1) is 16.4 Å². The van der Waals surface area contributed by atoms with E-state index >= 15 is 0 Å². The summed E-state index contributed by atoms with van der Waals surface area (Å²) < 4.78 is 25.2. The van der Waals surface area contributed by atoms with Crippen molar-refractivity contribution in [1.82, 2.24) is 10.2 Å². The molecule has 0 saturated heterocycles. The van der Waals surface area contributed by atoms with Crippen molar-refractivity contribution in [1.29, 1.82) is 5.26 Å². The van der Waals surface area contributed by atoms with Crippen molar-refractivity contribution >= 4 is 11.3 Å². The maximum atomic E-state index is 13.8. The summed E-state index contributed by atoms with van der Waals surface area (Å²) in [5.41, 5.74) is 9.23. The van der Waals surface area contributed by atoms with Gasteiger partial charge in [-0.1, -0.05) is 36.4 Å². The summed E-state index contributed by atoms with van der Waals surface area (Å²) in [5, 5.41) is 19.1. The summed E-state index contributed by atoms with van der Waals surface area (Å²) in [5.74, 6) is 0.230. The van der Waals surface area contributed by atoms with Crippen molar-refractivity contribution in [3.8, 4) is 28.3 Å². The van der Waals surface area contributed by atoms with Crippen LogP contribution in [0.15, 0.2) is 77.5 Å². The van der Waals surface area contributed by atoms with Gasteiger partial charge in [-0.05, 0) is 35.2 Å². The van der Waals surface area contributed by atoms with Crippen LogP contribution in [-0.4, -0.2) is 10.2 Å². The molecular weight excluding hydrogens is 427 g/mol. The highest BCUT2D eigenvalue weighted by atomic mass is 32.1. The van der Waals surface area contributed by atoms with E-state index in [1.165, 1.54) is 6.07 Å². The minimum Gasteiger partial charge on any atom is -0.489 e. The van der Waals surface area contributed by atoms with Gasteiger partial charge in [-0.3, -0.25) is 5.10 Å². The highest BCUT2D eigenvalue weighted by Gasteiger charge is 2.35. The molecule has 1 aliphatic rings. The molecule has 2 aromatic carbocycles. The molecule has 2 aromatic heterocycles. The van der Waals surface area contributed by atoms with E-state index in [1.807, 2.05) is 29.6 Å². The molecule has 0 fully saturated rings. The van der Waals surface area contributed by atoms with E-state index in [4.69, 9.17) is 15.2 Å². The third kappa shape index (κ3) is 3.49. The molecule has 0 bridgehead atoms. The monoisotopic (exact) mass is 444 g/mol. The van der Waals surface area contributed by atoms with Crippen LogP contribution in [0, 0.1) is 17.1 Å². The summed E-state index contributed by atoms with van der Waals surface area (Å²) in [7, 11) is 0. The van der Waals surface area contributed by atoms with Crippen LogP contribution in [-0.2, 0) is 6.61 Å². The van der Waals surface area contributed by atoms with Gasteiger partial charge >= 0.3 is 0 Å². The summed E-state index contributed by atoms with van der Waals surface area (Å²) in [4.78, 5) is 0.981. The molecule has 0 saturated carbocycles. The van der Waals surface area contributed by atoms with Crippen LogP contribution in [0.4, 0.5) is 4.39 Å². The molecule has 158 valence electrons. The number of nitrogens with zero attached hydrogens (tertiary/aromatic N) is 2. The lowest BCUT2D eigenvalue weighted by molar-refractivity contribution is 0.300. The summed E-state index contributed by atoms with van der Waals surface area (Å²) in [6.45, 7) is 0.119. The number of halogens is 1. The van der Waals surface area contributed by atoms with Gasteiger partial charge in [0.2, 0.25) is 11.8 Å². The Labute approximate surface area is 187 Å². The SMILES string of the molecule is N#CC1=C(N)Oc2n[nH]c(-c3cccs3)c2[C@@H]1c1ccc(OCc2ccccc2F)cc1. The van der Waals surface area contributed by atoms with Gasteiger partial charge < -0.3 is 15.2 Å². The Morgan fingerprint density at radius 3 is 2.69 bits per heavy atom. The molecule has 32 heavy (non-hydrogen) atoms. The first-order valence-corrected chi connectivity index (χ1v) is 10.7. The number of fused-ring (bicyclic) bond motifs is 1. The van der Waals surface area contributed by atoms with Gasteiger partial charge in [-0.25, -0.2) is 4.39 Å². The van der Waals surface area contributed by atoms with E-state index in [0.29, 0.717) is 22.8 Å². The summed E-state index contributed by atoms with van der Waals surface area (Å²) >= 11 is 1.56. The molecule has 0 aliphatic carbocycles. The second-order valence-corrected chi connectivity index (χ2v) is 8.12. The smallest absolute Gasteiger partial charge is 0.244 e. The number of aromatic nitrogens is 2. The fourth-order valence-electron chi connectivity index (χ4n) is 3.72. The Morgan fingerprint density at radius 1 is 1.16 bits per heavy atom. The number of ether oxygens (including phenoxy) is 2. The van der Waals surface area contributed by atoms with E-state index in [0.717, 1.165) is 21.7 Å². The number of hydrogen-bond acceptors (Lipinski definition) is 6. The Hall–Kier alpha value is -4.09. The normalized spacial score (nSPS) is 15.1. The lowest BCUT2D eigenvalue weighted by Gasteiger charge is -2.24. The largest absolute Gasteiger partial charge is 0.489 e. The molecule has 4 aromatic rings. The third-order valence-electron chi connectivity index (χ3n) is 5.27. The van der Waals surface area contributed by atoms with E-state index in [2.05, 4.69) is 16.3 Å². The van der Waals surface area contributed by atoms with Crippen molar-refractivity contribution in [2.45, 2.75) is 12.5 Å². The number of H-pyrrole nitrogens is 1. The minimum atomic E-state index is -0.444. The average molecular weight is 444 g/mol. The van der Waals surface area contributed by atoms with Crippen LogP contribution in [0.1, 0.15) is 22.6 Å². The standard InChI is InChI=1S/C24H17FN4O2S/c25-18-5-2-1-4-15(18)13-30-16-9-7-14(8-10-16)20-17(12-26)23(27)31-24-21(20)22(28-29-24)19-6-3-11-32-19/h1-11,20H,13,27H2,(H,28,29)/t20-/m1/s1. The molecule has 1 atom stereocenters. The fraction of sp³-hybridized carbons (Fsp3) is 0.0833. The third-order valence-corrected chi connectivity index (χ3v) is 6.16. The molecule has 0 spiro atoms. The zero-order valence-electron chi connectivity index (χ0n) is 16.7. The Bertz CT molecular complexity index is 1340. The fourth-order valence-corrected chi connectivity index (χ4v) is 4.45. The predicted molar refractivity (Wildman–Crippen MR) is 118 cm³/mol. The molecule has 5 rings (SSSR count). The number of nitriles is 1. The van der Waals surface area contributed by atoms with E-state index in [1.54, 1.807) is 41.7 Å². The number of hydrogen-bond donors (Lipinski definition) is 2. The second-order valence-electron chi connectivity index (χ2n) is 7.17. The number of benzene rings is 2. The maximum absolute atomic E-state index is 13.8. The molecule has 3 N–H and O–H groups in total. The van der Waals surface area contributed by atoms with E-state index < -0.39 is 5.92 Å². The Kier molecular flexibility index (Phi) is 5.09. The number of nitrogens with one attached hydrogen (secondary N) is 1. The highest BCUT2D eigenvalue weighted by molar-refractivity contribution is 7.13. The molecule has 0 unspecified atom stereocenters. The lowest BCUT2D eigenvalue weighted by Crippen LogP contribution is -2.20. The van der Waals surface area contributed by atoms with Crippen LogP contribution in [0.5, 0.6) is 11.6 Å². The van der Waals surface area contributed by atoms with Crippen LogP contribution in [0.25, 0.3) is 10.6 Å². The molecule has 6 nitrogen and oxygen atoms in total. The number of allylic oxidation sites excluding steroid dienone is 1. The molecular formula is C24H17FN4O2S. The van der Waals surface area contributed by atoms with Crippen LogP contribution in [0.2, 0.25) is 0 Å². The zero-order valence-corrected chi connectivity index (χ0v) is 17.5. The van der Waals surface area contributed by atoms with Gasteiger partial charge in [-0.2, -0.15) is 5.26 Å². The maximum Gasteiger partial charge on any atom is 0.244 e. The zero-order chi connectivity index (χ0) is 22.1. The Morgan fingerprint density at radius 2 is 1.97 bits per heavy atom. The topological polar surface area (TPSA) is 97.0 Å². The molecule has 1 aliphatic heterocycles. The number of thiophene rings is 1. The van der Waals surface area contributed by atoms with Crippen molar-refractivity contribution in [2.24, 2.45) is 5.73 Å². The molecule has 3 heterocycles. The van der Waals surface area contributed by atoms with Crippen LogP contribution < -0.4 is 15.2 Å². The molecule has 0 radical (unpaired) electrons. The molecule has 0 amide bonds. The second kappa shape index (κ2) is 8.21. The highest BCUT2D eigenvalue weighted by Crippen LogP contribution is 2.46. The number of aromatic amines is 1. The molecule has 8 heteroatoms. The van der Waals surface area contributed by atoms with Gasteiger partial charge in [0.1, 0.15) is 29.8 Å². The number of rotatable bonds is 5. The van der Waals surface area contributed by atoms with Crippen molar-refractivity contribution in [3.63, 3.8) is 0 Å². The van der Waals surface area contributed by atoms with Gasteiger partial charge in [0.05, 0.1) is 22.1 Å². The van der Waals surface area contributed by atoms with Crippen LogP contribution >= 0.6 is 11.3 Å². The van der Waals surface area contributed by atoms with Crippen molar-refractivity contribution in [2.75, 3.05) is 0 Å². The van der Waals surface area contributed by atoms with E-state index in [9.17, 15) is 9.65 Å². The Balaban J connectivity index is 1.48. The lowest BCUT2D eigenvalue weighted by atomic mass is 9.84. The minimum absolute atomic E-state index is 0.0362. The predicted octanol–water partition coefficient (Wildman–Crippen LogP) is 5.07. The van der Waals surface area contributed by atoms with Gasteiger partial charge in [0, 0.05) is 5.56 Å². The van der Waals surface area contributed by atoms with E-state index in [-0.39, 0.29) is 18.3 Å². The van der Waals surface area contributed by atoms with Gasteiger partial charge in [0.25, 0.3) is 0 Å². The van der Waals surface area contributed by atoms with Crippen molar-refractivity contribution in [3.05, 3.63) is 100 Å². The van der Waals surface area contributed by atoms with Gasteiger partial charge in [0.15, 0.2) is 0 Å². The average Bonchev–Trinajstić information content (AvgIpc) is 3.48.